The average Bonchev–Trinajstić information content (AvgIpc) is 3.33. The normalized spacial score (nSPS) is 13.4. The number of amides is 2. The Morgan fingerprint density at radius 3 is 2.63 bits per heavy atom. The van der Waals surface area contributed by atoms with E-state index in [1.54, 1.807) is 10.7 Å². The molecule has 138 valence electrons. The Morgan fingerprint density at radius 1 is 1.19 bits per heavy atom. The fourth-order valence-corrected chi connectivity index (χ4v) is 2.76. The van der Waals surface area contributed by atoms with Crippen molar-refractivity contribution in [2.75, 3.05) is 5.32 Å². The van der Waals surface area contributed by atoms with Gasteiger partial charge in [0.05, 0.1) is 12.2 Å². The quantitative estimate of drug-likeness (QED) is 0.703. The average molecular weight is 364 g/mol. The van der Waals surface area contributed by atoms with Crippen molar-refractivity contribution in [1.82, 2.24) is 15.1 Å². The lowest BCUT2D eigenvalue weighted by Gasteiger charge is -2.08. The number of hydrogen-bond acceptors (Lipinski definition) is 4. The molecule has 3 aromatic rings. The Hall–Kier alpha value is -3.35. The fourth-order valence-electron chi connectivity index (χ4n) is 2.76. The number of carbonyl (C=O) groups excluding carboxylic acids is 2. The molecule has 2 heterocycles. The number of aromatic nitrogens is 2. The molecule has 7 heteroatoms. The molecule has 27 heavy (non-hydrogen) atoms. The summed E-state index contributed by atoms with van der Waals surface area (Å²) in [6, 6.07) is 14.6. The van der Waals surface area contributed by atoms with Crippen LogP contribution in [0.2, 0.25) is 0 Å². The molecule has 1 aliphatic rings. The number of para-hydroxylation sites is 1. The predicted molar refractivity (Wildman–Crippen MR) is 99.5 cm³/mol. The van der Waals surface area contributed by atoms with Gasteiger partial charge >= 0.3 is 0 Å². The topological polar surface area (TPSA) is 89.2 Å². The first-order chi connectivity index (χ1) is 13.1. The van der Waals surface area contributed by atoms with Gasteiger partial charge in [0.1, 0.15) is 17.3 Å². The molecule has 0 atom stereocenters. The third-order valence-electron chi connectivity index (χ3n) is 4.36. The van der Waals surface area contributed by atoms with Crippen LogP contribution in [0.25, 0.3) is 5.69 Å². The van der Waals surface area contributed by atoms with Crippen LogP contribution in [0.5, 0.6) is 0 Å². The smallest absolute Gasteiger partial charge is 0.272 e. The van der Waals surface area contributed by atoms with E-state index in [9.17, 15) is 9.59 Å². The van der Waals surface area contributed by atoms with E-state index < -0.39 is 0 Å². The van der Waals surface area contributed by atoms with Crippen LogP contribution in [0.3, 0.4) is 0 Å². The van der Waals surface area contributed by atoms with Gasteiger partial charge in [-0.25, -0.2) is 4.68 Å². The third-order valence-corrected chi connectivity index (χ3v) is 4.36. The Balaban J connectivity index is 1.55. The van der Waals surface area contributed by atoms with Gasteiger partial charge in [0, 0.05) is 12.0 Å². The molecule has 1 aliphatic carbocycles. The molecule has 2 aromatic heterocycles. The zero-order chi connectivity index (χ0) is 18.8. The Bertz CT molecular complexity index is 970. The first-order valence-electron chi connectivity index (χ1n) is 8.90. The number of nitrogens with one attached hydrogen (secondary N) is 2. The van der Waals surface area contributed by atoms with Crippen molar-refractivity contribution in [3.63, 3.8) is 0 Å². The Kier molecular flexibility index (Phi) is 4.50. The predicted octanol–water partition coefficient (Wildman–Crippen LogP) is 3.05. The number of anilines is 1. The number of rotatable bonds is 6. The van der Waals surface area contributed by atoms with Crippen LogP contribution in [-0.4, -0.2) is 21.6 Å². The van der Waals surface area contributed by atoms with Crippen molar-refractivity contribution in [2.24, 2.45) is 5.92 Å². The first kappa shape index (κ1) is 17.1. The van der Waals surface area contributed by atoms with Crippen LogP contribution in [0.4, 0.5) is 5.82 Å². The molecule has 0 aliphatic heterocycles. The van der Waals surface area contributed by atoms with Gasteiger partial charge in [-0.3, -0.25) is 9.59 Å². The van der Waals surface area contributed by atoms with E-state index in [1.165, 1.54) is 0 Å². The van der Waals surface area contributed by atoms with Gasteiger partial charge in [0.25, 0.3) is 5.91 Å². The first-order valence-corrected chi connectivity index (χ1v) is 8.90. The zero-order valence-electron chi connectivity index (χ0n) is 14.9. The van der Waals surface area contributed by atoms with E-state index in [-0.39, 0.29) is 30.0 Å². The molecule has 4 rings (SSSR count). The minimum absolute atomic E-state index is 0.0369. The van der Waals surface area contributed by atoms with Crippen LogP contribution in [-0.2, 0) is 11.3 Å². The highest BCUT2D eigenvalue weighted by Gasteiger charge is 2.30. The second kappa shape index (κ2) is 7.11. The monoisotopic (exact) mass is 364 g/mol. The van der Waals surface area contributed by atoms with Gasteiger partial charge < -0.3 is 15.1 Å². The highest BCUT2D eigenvalue weighted by Crippen LogP contribution is 2.30. The minimum atomic E-state index is -0.333. The number of aryl methyl sites for hydroxylation is 1. The molecule has 1 fully saturated rings. The summed E-state index contributed by atoms with van der Waals surface area (Å²) in [6.07, 6.45) is 1.81. The van der Waals surface area contributed by atoms with E-state index in [1.807, 2.05) is 49.4 Å². The summed E-state index contributed by atoms with van der Waals surface area (Å²) in [6.45, 7) is 2.12. The van der Waals surface area contributed by atoms with Crippen molar-refractivity contribution in [3.05, 3.63) is 65.7 Å². The van der Waals surface area contributed by atoms with Crippen molar-refractivity contribution in [1.29, 1.82) is 0 Å². The van der Waals surface area contributed by atoms with Crippen LogP contribution < -0.4 is 10.6 Å². The summed E-state index contributed by atoms with van der Waals surface area (Å²) in [7, 11) is 0. The molecule has 0 unspecified atom stereocenters. The fraction of sp³-hybridized carbons (Fsp3) is 0.250. The second-order valence-corrected chi connectivity index (χ2v) is 6.62. The lowest BCUT2D eigenvalue weighted by molar-refractivity contribution is -0.117. The number of nitrogens with zero attached hydrogens (tertiary/aromatic N) is 2. The lowest BCUT2D eigenvalue weighted by Crippen LogP contribution is -2.23. The molecule has 2 N–H and O–H groups in total. The van der Waals surface area contributed by atoms with E-state index in [0.717, 1.165) is 24.3 Å². The van der Waals surface area contributed by atoms with Gasteiger partial charge in [-0.15, -0.1) is 0 Å². The summed E-state index contributed by atoms with van der Waals surface area (Å²) in [4.78, 5) is 24.7. The van der Waals surface area contributed by atoms with Crippen molar-refractivity contribution in [3.8, 4) is 5.69 Å². The van der Waals surface area contributed by atoms with Crippen molar-refractivity contribution < 1.29 is 14.0 Å². The maximum Gasteiger partial charge on any atom is 0.272 e. The molecule has 0 spiro atoms. The van der Waals surface area contributed by atoms with Gasteiger partial charge in [-0.1, -0.05) is 18.2 Å². The van der Waals surface area contributed by atoms with Crippen LogP contribution >= 0.6 is 0 Å². The van der Waals surface area contributed by atoms with Crippen LogP contribution in [0.15, 0.2) is 52.9 Å². The van der Waals surface area contributed by atoms with Gasteiger partial charge in [0.2, 0.25) is 5.91 Å². The van der Waals surface area contributed by atoms with E-state index in [2.05, 4.69) is 15.7 Å². The highest BCUT2D eigenvalue weighted by atomic mass is 16.3. The maximum absolute atomic E-state index is 12.5. The van der Waals surface area contributed by atoms with Gasteiger partial charge in [0.15, 0.2) is 5.69 Å². The molecule has 0 bridgehead atoms. The van der Waals surface area contributed by atoms with E-state index >= 15 is 0 Å². The number of benzene rings is 1. The standard InChI is InChI=1S/C20H20N4O3/c1-13-7-10-16(27-13)12-21-20(26)17-11-18(22-19(25)14-8-9-14)24(23-17)15-5-3-2-4-6-15/h2-7,10-11,14H,8-9,12H2,1H3,(H,21,26)(H,22,25). The molecular formula is C20H20N4O3. The van der Waals surface area contributed by atoms with Crippen molar-refractivity contribution >= 4 is 17.6 Å². The maximum atomic E-state index is 12.5. The molecule has 1 aromatic carbocycles. The summed E-state index contributed by atoms with van der Waals surface area (Å²) in [5, 5.41) is 10.1. The second-order valence-electron chi connectivity index (χ2n) is 6.62. The molecule has 2 amide bonds. The highest BCUT2D eigenvalue weighted by molar-refractivity contribution is 5.97. The minimum Gasteiger partial charge on any atom is -0.465 e. The summed E-state index contributed by atoms with van der Waals surface area (Å²) < 4.78 is 7.03. The van der Waals surface area contributed by atoms with Crippen LogP contribution in [0.1, 0.15) is 34.9 Å². The Morgan fingerprint density at radius 2 is 1.96 bits per heavy atom. The summed E-state index contributed by atoms with van der Waals surface area (Å²) >= 11 is 0. The zero-order valence-corrected chi connectivity index (χ0v) is 14.9. The SMILES string of the molecule is Cc1ccc(CNC(=O)c2cc(NC(=O)C3CC3)n(-c3ccccc3)n2)o1. The Labute approximate surface area is 156 Å². The molecular weight excluding hydrogens is 344 g/mol. The number of carbonyl (C=O) groups is 2. The number of hydrogen-bond donors (Lipinski definition) is 2. The van der Waals surface area contributed by atoms with Gasteiger partial charge in [-0.05, 0) is 44.0 Å². The van der Waals surface area contributed by atoms with Crippen LogP contribution in [0, 0.1) is 12.8 Å². The largest absolute Gasteiger partial charge is 0.465 e. The lowest BCUT2D eigenvalue weighted by atomic mass is 10.3. The molecule has 0 saturated heterocycles. The number of furan rings is 1. The molecule has 1 saturated carbocycles. The van der Waals surface area contributed by atoms with Crippen molar-refractivity contribution in [2.45, 2.75) is 26.3 Å². The van der Waals surface area contributed by atoms with Gasteiger partial charge in [-0.2, -0.15) is 5.10 Å². The molecule has 0 radical (unpaired) electrons. The summed E-state index contributed by atoms with van der Waals surface area (Å²) in [5.41, 5.74) is 0.998. The molecule has 7 nitrogen and oxygen atoms in total. The third kappa shape index (κ3) is 3.92. The summed E-state index contributed by atoms with van der Waals surface area (Å²) in [5.74, 6) is 1.63. The van der Waals surface area contributed by atoms with E-state index in [4.69, 9.17) is 4.42 Å². The van der Waals surface area contributed by atoms with E-state index in [0.29, 0.717) is 11.6 Å².